The Hall–Kier alpha value is -6.17. The van der Waals surface area contributed by atoms with E-state index in [4.69, 9.17) is 4.99 Å². The highest BCUT2D eigenvalue weighted by molar-refractivity contribution is 8.02. The molecular formula is C51H44N4S. The van der Waals surface area contributed by atoms with Crippen LogP contribution in [-0.4, -0.2) is 18.8 Å². The average molecular weight is 745 g/mol. The normalized spacial score (nSPS) is 17.8. The summed E-state index contributed by atoms with van der Waals surface area (Å²) in [5.74, 6) is 1.00. The van der Waals surface area contributed by atoms with Crippen molar-refractivity contribution in [3.63, 3.8) is 0 Å². The van der Waals surface area contributed by atoms with Gasteiger partial charge in [0.1, 0.15) is 12.0 Å². The quantitative estimate of drug-likeness (QED) is 0.112. The van der Waals surface area contributed by atoms with Crippen molar-refractivity contribution in [2.24, 2.45) is 9.98 Å². The fourth-order valence-electron chi connectivity index (χ4n) is 8.58. The number of nitrogens with zero attached hydrogens (tertiary/aromatic N) is 3. The molecule has 0 bridgehead atoms. The molecular weight excluding hydrogens is 701 g/mol. The fourth-order valence-corrected chi connectivity index (χ4v) is 9.42. The molecule has 3 atom stereocenters. The molecule has 0 fully saturated rings. The van der Waals surface area contributed by atoms with Crippen molar-refractivity contribution >= 4 is 35.6 Å². The van der Waals surface area contributed by atoms with Crippen molar-refractivity contribution in [2.75, 3.05) is 11.2 Å². The van der Waals surface area contributed by atoms with Gasteiger partial charge in [-0.15, -0.1) is 11.8 Å². The van der Waals surface area contributed by atoms with E-state index in [0.29, 0.717) is 6.54 Å². The summed E-state index contributed by atoms with van der Waals surface area (Å²) in [5, 5.41) is 4.95. The third-order valence-corrected chi connectivity index (χ3v) is 11.9. The van der Waals surface area contributed by atoms with Crippen LogP contribution < -0.4 is 10.2 Å². The van der Waals surface area contributed by atoms with Crippen molar-refractivity contribution in [3.05, 3.63) is 225 Å². The van der Waals surface area contributed by atoms with Gasteiger partial charge < -0.3 is 10.2 Å². The van der Waals surface area contributed by atoms with Gasteiger partial charge >= 0.3 is 0 Å². The molecule has 3 aliphatic rings. The predicted octanol–water partition coefficient (Wildman–Crippen LogP) is 12.3. The highest BCUT2D eigenvalue weighted by atomic mass is 32.2. The molecule has 9 rings (SSSR count). The minimum Gasteiger partial charge on any atom is -0.345 e. The second kappa shape index (κ2) is 15.9. The van der Waals surface area contributed by atoms with Gasteiger partial charge in [0.15, 0.2) is 0 Å². The summed E-state index contributed by atoms with van der Waals surface area (Å²) < 4.78 is 0. The van der Waals surface area contributed by atoms with Crippen molar-refractivity contribution in [1.29, 1.82) is 0 Å². The third kappa shape index (κ3) is 6.73. The van der Waals surface area contributed by atoms with E-state index in [0.717, 1.165) is 40.9 Å². The van der Waals surface area contributed by atoms with Crippen LogP contribution >= 0.6 is 11.8 Å². The SMILES string of the molecule is C=NC(NC(=NCc1ccccc1)c1ccccc1)c1cccc(-c2ccc3c(c2)C2C(C4=CCCC=C4)c4ccccc4N2C(SC)=C3c2ccccc2)c1. The number of fused-ring (bicyclic) bond motifs is 5. The average Bonchev–Trinajstić information content (AvgIpc) is 3.62. The summed E-state index contributed by atoms with van der Waals surface area (Å²) in [6.45, 7) is 4.59. The predicted molar refractivity (Wildman–Crippen MR) is 237 cm³/mol. The molecule has 4 nitrogen and oxygen atoms in total. The Bertz CT molecular complexity index is 2500. The molecule has 0 amide bonds. The monoisotopic (exact) mass is 744 g/mol. The second-order valence-corrected chi connectivity index (χ2v) is 15.3. The zero-order valence-electron chi connectivity index (χ0n) is 31.6. The van der Waals surface area contributed by atoms with E-state index in [1.165, 1.54) is 49.7 Å². The van der Waals surface area contributed by atoms with Crippen LogP contribution in [0.3, 0.4) is 0 Å². The third-order valence-electron chi connectivity index (χ3n) is 11.1. The maximum atomic E-state index is 5.04. The minimum atomic E-state index is -0.395. The second-order valence-electron chi connectivity index (χ2n) is 14.5. The van der Waals surface area contributed by atoms with E-state index >= 15 is 0 Å². The van der Waals surface area contributed by atoms with Gasteiger partial charge in [-0.25, -0.2) is 0 Å². The molecule has 6 aromatic carbocycles. The highest BCUT2D eigenvalue weighted by Crippen LogP contribution is 2.60. The molecule has 0 saturated carbocycles. The number of anilines is 1. The van der Waals surface area contributed by atoms with Gasteiger partial charge in [-0.2, -0.15) is 0 Å². The number of para-hydroxylation sites is 1. The van der Waals surface area contributed by atoms with Crippen LogP contribution in [-0.2, 0) is 6.54 Å². The molecule has 1 aliphatic carbocycles. The molecule has 0 spiro atoms. The summed E-state index contributed by atoms with van der Waals surface area (Å²) >= 11 is 1.85. The molecule has 56 heavy (non-hydrogen) atoms. The zero-order chi connectivity index (χ0) is 37.8. The molecule has 5 heteroatoms. The summed E-state index contributed by atoms with van der Waals surface area (Å²) in [4.78, 5) is 12.3. The Morgan fingerprint density at radius 3 is 2.21 bits per heavy atom. The van der Waals surface area contributed by atoms with Crippen molar-refractivity contribution < 1.29 is 0 Å². The van der Waals surface area contributed by atoms with Gasteiger partial charge in [-0.3, -0.25) is 9.98 Å². The van der Waals surface area contributed by atoms with Crippen LogP contribution in [0.4, 0.5) is 5.69 Å². The Morgan fingerprint density at radius 2 is 1.46 bits per heavy atom. The number of thioether (sulfide) groups is 1. The standard InChI is InChI=1S/C51H44N4S/c1-52-49(54-50(38-24-13-6-14-25-38)53-34-35-18-7-3-8-19-35)41-27-17-26-39(32-41)40-30-31-42-44(33-40)48-46(36-20-9-4-10-21-36)43-28-15-16-29-45(43)55(48)51(56-2)47(42)37-22-11-5-12-23-37/h3,5-9,11-33,46,48-49H,1,4,10,34H2,2H3,(H,53,54). The molecule has 274 valence electrons. The molecule has 2 aliphatic heterocycles. The minimum absolute atomic E-state index is 0.118. The Labute approximate surface area is 334 Å². The topological polar surface area (TPSA) is 40.0 Å². The summed E-state index contributed by atoms with van der Waals surface area (Å²) in [7, 11) is 0. The molecule has 6 aromatic rings. The zero-order valence-corrected chi connectivity index (χ0v) is 32.4. The van der Waals surface area contributed by atoms with E-state index in [9.17, 15) is 0 Å². The molecule has 2 heterocycles. The first kappa shape index (κ1) is 35.5. The molecule has 0 radical (unpaired) electrons. The van der Waals surface area contributed by atoms with Crippen LogP contribution in [0.5, 0.6) is 0 Å². The Kier molecular flexibility index (Phi) is 10.1. The van der Waals surface area contributed by atoms with Crippen molar-refractivity contribution in [1.82, 2.24) is 5.32 Å². The van der Waals surface area contributed by atoms with Gasteiger partial charge in [0.2, 0.25) is 0 Å². The van der Waals surface area contributed by atoms with Crippen LogP contribution in [0.1, 0.15) is 69.9 Å². The van der Waals surface area contributed by atoms with E-state index in [1.807, 2.05) is 36.0 Å². The van der Waals surface area contributed by atoms with Crippen LogP contribution in [0.25, 0.3) is 16.7 Å². The number of amidine groups is 1. The first-order valence-corrected chi connectivity index (χ1v) is 20.6. The van der Waals surface area contributed by atoms with Gasteiger partial charge in [-0.05, 0) is 94.1 Å². The number of rotatable bonds is 10. The largest absolute Gasteiger partial charge is 0.345 e. The maximum absolute atomic E-state index is 5.04. The first-order valence-electron chi connectivity index (χ1n) is 19.4. The first-order chi connectivity index (χ1) is 27.7. The highest BCUT2D eigenvalue weighted by Gasteiger charge is 2.46. The number of benzene rings is 6. The number of nitrogens with one attached hydrogen (secondary N) is 1. The summed E-state index contributed by atoms with van der Waals surface area (Å²) in [6, 6.07) is 56.5. The lowest BCUT2D eigenvalue weighted by Crippen LogP contribution is -2.31. The lowest BCUT2D eigenvalue weighted by atomic mass is 9.77. The fraction of sp³-hybridized carbons (Fsp3) is 0.137. The molecule has 0 aromatic heterocycles. The molecule has 0 saturated heterocycles. The van der Waals surface area contributed by atoms with E-state index < -0.39 is 6.17 Å². The number of allylic oxidation sites excluding steroid dienone is 3. The van der Waals surface area contributed by atoms with E-state index in [-0.39, 0.29) is 12.0 Å². The smallest absolute Gasteiger partial charge is 0.145 e. The van der Waals surface area contributed by atoms with Gasteiger partial charge in [0.25, 0.3) is 0 Å². The van der Waals surface area contributed by atoms with Crippen LogP contribution in [0.2, 0.25) is 0 Å². The number of hydrogen-bond acceptors (Lipinski definition) is 4. The van der Waals surface area contributed by atoms with Crippen LogP contribution in [0, 0.1) is 0 Å². The lowest BCUT2D eigenvalue weighted by Gasteiger charge is -2.40. The summed E-state index contributed by atoms with van der Waals surface area (Å²) in [6.07, 6.45) is 11.2. The molecule has 1 N–H and O–H groups in total. The van der Waals surface area contributed by atoms with Gasteiger partial charge in [0, 0.05) is 22.7 Å². The van der Waals surface area contributed by atoms with E-state index in [2.05, 4.69) is 180 Å². The van der Waals surface area contributed by atoms with Crippen LogP contribution in [0.15, 0.2) is 197 Å². The Balaban J connectivity index is 1.14. The van der Waals surface area contributed by atoms with E-state index in [1.54, 1.807) is 0 Å². The van der Waals surface area contributed by atoms with Crippen molar-refractivity contribution in [3.8, 4) is 11.1 Å². The number of aliphatic imine (C=N–C) groups is 2. The maximum Gasteiger partial charge on any atom is 0.145 e. The number of hydrogen-bond donors (Lipinski definition) is 1. The van der Waals surface area contributed by atoms with Gasteiger partial charge in [-0.1, -0.05) is 158 Å². The lowest BCUT2D eigenvalue weighted by molar-refractivity contribution is 0.638. The summed E-state index contributed by atoms with van der Waals surface area (Å²) in [5.41, 5.74) is 14.8. The Morgan fingerprint density at radius 1 is 0.750 bits per heavy atom. The molecule has 3 unspecified atom stereocenters. The van der Waals surface area contributed by atoms with Crippen molar-refractivity contribution in [2.45, 2.75) is 37.5 Å². The van der Waals surface area contributed by atoms with Gasteiger partial charge in [0.05, 0.1) is 17.6 Å².